The Morgan fingerprint density at radius 1 is 1.23 bits per heavy atom. The van der Waals surface area contributed by atoms with E-state index < -0.39 is 0 Å². The summed E-state index contributed by atoms with van der Waals surface area (Å²) in [6, 6.07) is 8.60. The molecule has 0 aliphatic rings. The molecule has 1 rings (SSSR count). The lowest BCUT2D eigenvalue weighted by atomic mass is 10.1. The zero-order chi connectivity index (χ0) is 9.52. The first-order chi connectivity index (χ1) is 6.38. The molecule has 1 aromatic rings. The van der Waals surface area contributed by atoms with Crippen LogP contribution in [0.1, 0.15) is 18.4 Å². The molecule has 0 spiro atoms. The van der Waals surface area contributed by atoms with E-state index in [1.807, 2.05) is 11.8 Å². The Morgan fingerprint density at radius 2 is 2.00 bits per heavy atom. The van der Waals surface area contributed by atoms with E-state index in [9.17, 15) is 0 Å². The molecule has 0 aliphatic carbocycles. The molecule has 0 unspecified atom stereocenters. The predicted molar refractivity (Wildman–Crippen MR) is 60.2 cm³/mol. The van der Waals surface area contributed by atoms with Crippen molar-refractivity contribution in [3.05, 3.63) is 29.8 Å². The molecule has 0 saturated carbocycles. The van der Waals surface area contributed by atoms with E-state index >= 15 is 0 Å². The predicted octanol–water partition coefficient (Wildman–Crippen LogP) is 2.69. The van der Waals surface area contributed by atoms with Crippen LogP contribution >= 0.6 is 11.8 Å². The maximum absolute atomic E-state index is 5.46. The molecule has 1 nitrogen and oxygen atoms in total. The van der Waals surface area contributed by atoms with Crippen LogP contribution in [0.4, 0.5) is 0 Å². The maximum atomic E-state index is 5.46. The van der Waals surface area contributed by atoms with Crippen LogP contribution in [0.25, 0.3) is 0 Å². The second-order valence-electron chi connectivity index (χ2n) is 3.06. The smallest absolute Gasteiger partial charge is 0.0101 e. The minimum atomic E-state index is 0.807. The summed E-state index contributed by atoms with van der Waals surface area (Å²) in [4.78, 5) is 1.40. The molecule has 0 fully saturated rings. The van der Waals surface area contributed by atoms with Gasteiger partial charge in [-0.05, 0) is 43.7 Å². The summed E-state index contributed by atoms with van der Waals surface area (Å²) >= 11 is 1.82. The molecule has 0 aromatic heterocycles. The molecule has 0 heterocycles. The topological polar surface area (TPSA) is 26.0 Å². The Kier molecular flexibility index (Phi) is 4.94. The van der Waals surface area contributed by atoms with Gasteiger partial charge in [-0.25, -0.2) is 0 Å². The fourth-order valence-corrected chi connectivity index (χ4v) is 2.02. The highest BCUT2D eigenvalue weighted by Crippen LogP contribution is 2.21. The van der Waals surface area contributed by atoms with Gasteiger partial charge in [-0.3, -0.25) is 0 Å². The van der Waals surface area contributed by atoms with Crippen molar-refractivity contribution in [2.24, 2.45) is 5.73 Å². The van der Waals surface area contributed by atoms with E-state index in [4.69, 9.17) is 5.73 Å². The van der Waals surface area contributed by atoms with Gasteiger partial charge in [0.25, 0.3) is 0 Å². The summed E-state index contributed by atoms with van der Waals surface area (Å²) in [6.07, 6.45) is 5.62. The first-order valence-corrected chi connectivity index (χ1v) is 5.93. The largest absolute Gasteiger partial charge is 0.330 e. The molecule has 2 N–H and O–H groups in total. The van der Waals surface area contributed by atoms with Crippen LogP contribution < -0.4 is 5.73 Å². The van der Waals surface area contributed by atoms with Gasteiger partial charge in [0.15, 0.2) is 0 Å². The third kappa shape index (κ3) is 3.41. The van der Waals surface area contributed by atoms with E-state index in [-0.39, 0.29) is 0 Å². The van der Waals surface area contributed by atoms with Gasteiger partial charge in [0, 0.05) is 4.90 Å². The van der Waals surface area contributed by atoms with Gasteiger partial charge in [0.05, 0.1) is 0 Å². The third-order valence-corrected chi connectivity index (χ3v) is 2.93. The molecule has 0 amide bonds. The standard InChI is InChI=1S/C11H17NS/c1-13-11-8-3-2-6-10(11)7-4-5-9-12/h2-3,6,8H,4-5,7,9,12H2,1H3. The fraction of sp³-hybridized carbons (Fsp3) is 0.455. The lowest BCUT2D eigenvalue weighted by molar-refractivity contribution is 0.738. The van der Waals surface area contributed by atoms with Gasteiger partial charge in [-0.1, -0.05) is 18.2 Å². The van der Waals surface area contributed by atoms with Crippen molar-refractivity contribution in [3.63, 3.8) is 0 Å². The highest BCUT2D eigenvalue weighted by molar-refractivity contribution is 7.98. The molecular weight excluding hydrogens is 178 g/mol. The van der Waals surface area contributed by atoms with Crippen molar-refractivity contribution in [2.75, 3.05) is 12.8 Å². The van der Waals surface area contributed by atoms with Crippen molar-refractivity contribution < 1.29 is 0 Å². The molecule has 1 aromatic carbocycles. The van der Waals surface area contributed by atoms with Gasteiger partial charge in [-0.15, -0.1) is 11.8 Å². The number of nitrogens with two attached hydrogens (primary N) is 1. The second-order valence-corrected chi connectivity index (χ2v) is 3.91. The Bertz CT molecular complexity index is 248. The van der Waals surface area contributed by atoms with Crippen LogP contribution in [-0.4, -0.2) is 12.8 Å². The van der Waals surface area contributed by atoms with E-state index in [2.05, 4.69) is 30.5 Å². The van der Waals surface area contributed by atoms with Crippen LogP contribution in [0.3, 0.4) is 0 Å². The number of aryl methyl sites for hydroxylation is 1. The Morgan fingerprint density at radius 3 is 2.69 bits per heavy atom. The molecule has 0 bridgehead atoms. The third-order valence-electron chi connectivity index (χ3n) is 2.09. The molecule has 2 heteroatoms. The number of benzene rings is 1. The molecule has 0 saturated heterocycles. The first-order valence-electron chi connectivity index (χ1n) is 4.70. The molecular formula is C11H17NS. The number of unbranched alkanes of at least 4 members (excludes halogenated alkanes) is 1. The number of hydrogen-bond donors (Lipinski definition) is 1. The molecule has 0 aliphatic heterocycles. The second kappa shape index (κ2) is 6.06. The van der Waals surface area contributed by atoms with Crippen molar-refractivity contribution in [2.45, 2.75) is 24.2 Å². The van der Waals surface area contributed by atoms with E-state index in [0.29, 0.717) is 0 Å². The van der Waals surface area contributed by atoms with Crippen LogP contribution in [-0.2, 0) is 6.42 Å². The summed E-state index contributed by atoms with van der Waals surface area (Å²) in [5, 5.41) is 0. The highest BCUT2D eigenvalue weighted by Gasteiger charge is 1.98. The van der Waals surface area contributed by atoms with Crippen molar-refractivity contribution in [1.82, 2.24) is 0 Å². The summed E-state index contributed by atoms with van der Waals surface area (Å²) in [7, 11) is 0. The van der Waals surface area contributed by atoms with E-state index in [0.717, 1.165) is 19.4 Å². The van der Waals surface area contributed by atoms with Crippen LogP contribution in [0.2, 0.25) is 0 Å². The Hall–Kier alpha value is -0.470. The Labute approximate surface area is 84.7 Å². The van der Waals surface area contributed by atoms with Gasteiger partial charge < -0.3 is 5.73 Å². The van der Waals surface area contributed by atoms with Crippen molar-refractivity contribution >= 4 is 11.8 Å². The fourth-order valence-electron chi connectivity index (χ4n) is 1.37. The minimum absolute atomic E-state index is 0.807. The lowest BCUT2D eigenvalue weighted by Crippen LogP contribution is -1.99. The highest BCUT2D eigenvalue weighted by atomic mass is 32.2. The number of hydrogen-bond acceptors (Lipinski definition) is 2. The summed E-state index contributed by atoms with van der Waals surface area (Å²) in [6.45, 7) is 0.807. The van der Waals surface area contributed by atoms with E-state index in [1.54, 1.807) is 0 Å². The normalized spacial score (nSPS) is 10.3. The molecule has 13 heavy (non-hydrogen) atoms. The average molecular weight is 195 g/mol. The maximum Gasteiger partial charge on any atom is 0.0101 e. The van der Waals surface area contributed by atoms with Crippen LogP contribution in [0, 0.1) is 0 Å². The number of thioether (sulfide) groups is 1. The summed E-state index contributed by atoms with van der Waals surface area (Å²) < 4.78 is 0. The summed E-state index contributed by atoms with van der Waals surface area (Å²) in [5.74, 6) is 0. The van der Waals surface area contributed by atoms with Gasteiger partial charge in [0.1, 0.15) is 0 Å². The van der Waals surface area contributed by atoms with Gasteiger partial charge in [-0.2, -0.15) is 0 Å². The molecule has 0 radical (unpaired) electrons. The molecule has 0 atom stereocenters. The summed E-state index contributed by atoms with van der Waals surface area (Å²) in [5.41, 5.74) is 6.92. The molecule has 72 valence electrons. The van der Waals surface area contributed by atoms with Crippen molar-refractivity contribution in [3.8, 4) is 0 Å². The zero-order valence-electron chi connectivity index (χ0n) is 8.12. The van der Waals surface area contributed by atoms with E-state index in [1.165, 1.54) is 16.9 Å². The van der Waals surface area contributed by atoms with Gasteiger partial charge >= 0.3 is 0 Å². The van der Waals surface area contributed by atoms with Crippen molar-refractivity contribution in [1.29, 1.82) is 0 Å². The van der Waals surface area contributed by atoms with Gasteiger partial charge in [0.2, 0.25) is 0 Å². The first kappa shape index (κ1) is 10.6. The monoisotopic (exact) mass is 195 g/mol. The van der Waals surface area contributed by atoms with Crippen LogP contribution in [0.5, 0.6) is 0 Å². The quantitative estimate of drug-likeness (QED) is 0.577. The number of rotatable bonds is 5. The SMILES string of the molecule is CSc1ccccc1CCCCN. The van der Waals surface area contributed by atoms with Crippen LogP contribution in [0.15, 0.2) is 29.2 Å². The minimum Gasteiger partial charge on any atom is -0.330 e. The zero-order valence-corrected chi connectivity index (χ0v) is 8.94. The Balaban J connectivity index is 2.54. The average Bonchev–Trinajstić information content (AvgIpc) is 2.19. The lowest BCUT2D eigenvalue weighted by Gasteiger charge is -2.05.